The van der Waals surface area contributed by atoms with E-state index in [0.29, 0.717) is 18.0 Å². The van der Waals surface area contributed by atoms with Gasteiger partial charge in [0, 0.05) is 14.1 Å². The second-order valence-electron chi connectivity index (χ2n) is 4.89. The van der Waals surface area contributed by atoms with E-state index in [-0.39, 0.29) is 5.91 Å². The van der Waals surface area contributed by atoms with Gasteiger partial charge in [-0.2, -0.15) is 0 Å². The van der Waals surface area contributed by atoms with Gasteiger partial charge < -0.3 is 9.64 Å². The van der Waals surface area contributed by atoms with Crippen LogP contribution in [0.25, 0.3) is 0 Å². The number of benzene rings is 1. The molecule has 0 aromatic heterocycles. The van der Waals surface area contributed by atoms with Crippen LogP contribution in [-0.2, 0) is 14.8 Å². The molecule has 0 N–H and O–H groups in total. The summed E-state index contributed by atoms with van der Waals surface area (Å²) in [6, 6.07) is 5.82. The highest BCUT2D eigenvalue weighted by Crippen LogP contribution is 2.24. The molecule has 0 aliphatic carbocycles. The van der Waals surface area contributed by atoms with Crippen LogP contribution in [0.5, 0.6) is 5.75 Å². The summed E-state index contributed by atoms with van der Waals surface area (Å²) in [4.78, 5) is 13.4. The van der Waals surface area contributed by atoms with Gasteiger partial charge in [-0.1, -0.05) is 0 Å². The zero-order valence-electron chi connectivity index (χ0n) is 13.0. The molecule has 0 aliphatic rings. The number of sulfonamides is 1. The fourth-order valence-corrected chi connectivity index (χ4v) is 3.20. The van der Waals surface area contributed by atoms with Gasteiger partial charge in [-0.15, -0.1) is 0 Å². The first-order chi connectivity index (χ1) is 9.68. The maximum absolute atomic E-state index is 12.1. The summed E-state index contributed by atoms with van der Waals surface area (Å²) in [6.07, 6.45) is 1.09. The molecule has 0 heterocycles. The van der Waals surface area contributed by atoms with E-state index in [9.17, 15) is 13.2 Å². The Balaban J connectivity index is 3.18. The van der Waals surface area contributed by atoms with E-state index in [2.05, 4.69) is 0 Å². The Labute approximate surface area is 126 Å². The molecule has 1 rings (SSSR count). The van der Waals surface area contributed by atoms with Gasteiger partial charge in [0.25, 0.3) is 0 Å². The minimum absolute atomic E-state index is 0.283. The summed E-state index contributed by atoms with van der Waals surface area (Å²) in [5.41, 5.74) is 0.434. The molecule has 1 aromatic rings. The molecule has 0 bridgehead atoms. The smallest absolute Gasteiger partial charge is 0.245 e. The van der Waals surface area contributed by atoms with E-state index in [1.165, 1.54) is 4.90 Å². The first-order valence-electron chi connectivity index (χ1n) is 6.62. The van der Waals surface area contributed by atoms with Crippen LogP contribution in [0.4, 0.5) is 5.69 Å². The SMILES string of the molecule is CCOc1ccc(N([C@@H](C)C(=O)N(C)C)S(C)(=O)=O)cc1. The lowest BCUT2D eigenvalue weighted by molar-refractivity contribution is -0.129. The van der Waals surface area contributed by atoms with Gasteiger partial charge >= 0.3 is 0 Å². The Morgan fingerprint density at radius 2 is 1.76 bits per heavy atom. The van der Waals surface area contributed by atoms with Gasteiger partial charge in [-0.3, -0.25) is 9.10 Å². The van der Waals surface area contributed by atoms with Gasteiger partial charge in [0.15, 0.2) is 0 Å². The fraction of sp³-hybridized carbons (Fsp3) is 0.500. The van der Waals surface area contributed by atoms with Crippen LogP contribution in [0.15, 0.2) is 24.3 Å². The van der Waals surface area contributed by atoms with Gasteiger partial charge in [0.1, 0.15) is 11.8 Å². The average Bonchev–Trinajstić information content (AvgIpc) is 2.38. The third-order valence-corrected chi connectivity index (χ3v) is 4.15. The predicted molar refractivity (Wildman–Crippen MR) is 83.1 cm³/mol. The second kappa shape index (κ2) is 6.80. The Kier molecular flexibility index (Phi) is 5.60. The molecule has 1 aromatic carbocycles. The lowest BCUT2D eigenvalue weighted by Gasteiger charge is -2.30. The molecule has 0 unspecified atom stereocenters. The number of carbonyl (C=O) groups excluding carboxylic acids is 1. The molecule has 0 saturated heterocycles. The Morgan fingerprint density at radius 1 is 1.24 bits per heavy atom. The summed E-state index contributed by atoms with van der Waals surface area (Å²) in [7, 11) is -0.386. The quantitative estimate of drug-likeness (QED) is 0.794. The van der Waals surface area contributed by atoms with Crippen molar-refractivity contribution in [3.8, 4) is 5.75 Å². The van der Waals surface area contributed by atoms with E-state index < -0.39 is 16.1 Å². The van der Waals surface area contributed by atoms with Crippen LogP contribution in [0.1, 0.15) is 13.8 Å². The van der Waals surface area contributed by atoms with E-state index in [0.717, 1.165) is 10.6 Å². The molecule has 0 aliphatic heterocycles. The molecule has 0 radical (unpaired) electrons. The lowest BCUT2D eigenvalue weighted by Crippen LogP contribution is -2.47. The second-order valence-corrected chi connectivity index (χ2v) is 6.75. The van der Waals surface area contributed by atoms with E-state index in [4.69, 9.17) is 4.74 Å². The van der Waals surface area contributed by atoms with Crippen LogP contribution >= 0.6 is 0 Å². The minimum atomic E-state index is -3.58. The van der Waals surface area contributed by atoms with Crippen molar-refractivity contribution in [2.24, 2.45) is 0 Å². The van der Waals surface area contributed by atoms with E-state index in [1.807, 2.05) is 6.92 Å². The summed E-state index contributed by atoms with van der Waals surface area (Å²) in [6.45, 7) is 3.97. The number of rotatable bonds is 6. The Hall–Kier alpha value is -1.76. The van der Waals surface area contributed by atoms with Crippen molar-refractivity contribution < 1.29 is 17.9 Å². The highest BCUT2D eigenvalue weighted by molar-refractivity contribution is 7.92. The molecule has 0 fully saturated rings. The number of hydrogen-bond acceptors (Lipinski definition) is 4. The number of likely N-dealkylation sites (N-methyl/N-ethyl adjacent to an activating group) is 1. The monoisotopic (exact) mass is 314 g/mol. The van der Waals surface area contributed by atoms with Gasteiger partial charge in [-0.25, -0.2) is 8.42 Å². The van der Waals surface area contributed by atoms with Crippen molar-refractivity contribution in [1.82, 2.24) is 4.90 Å². The number of ether oxygens (including phenoxy) is 1. The highest BCUT2D eigenvalue weighted by Gasteiger charge is 2.29. The third kappa shape index (κ3) is 4.35. The molecule has 1 amide bonds. The number of hydrogen-bond donors (Lipinski definition) is 0. The zero-order chi connectivity index (χ0) is 16.2. The van der Waals surface area contributed by atoms with Crippen LogP contribution in [-0.4, -0.2) is 52.2 Å². The van der Waals surface area contributed by atoms with Crippen molar-refractivity contribution in [3.63, 3.8) is 0 Å². The topological polar surface area (TPSA) is 66.9 Å². The van der Waals surface area contributed by atoms with Crippen LogP contribution < -0.4 is 9.04 Å². The Bertz CT molecular complexity index is 581. The lowest BCUT2D eigenvalue weighted by atomic mass is 10.2. The maximum atomic E-state index is 12.1. The normalized spacial score (nSPS) is 12.6. The maximum Gasteiger partial charge on any atom is 0.245 e. The van der Waals surface area contributed by atoms with Crippen molar-refractivity contribution in [1.29, 1.82) is 0 Å². The summed E-state index contributed by atoms with van der Waals surface area (Å²) < 4.78 is 30.5. The molecule has 1 atom stereocenters. The van der Waals surface area contributed by atoms with Crippen LogP contribution in [0.3, 0.4) is 0 Å². The van der Waals surface area contributed by atoms with Crippen LogP contribution in [0, 0.1) is 0 Å². The number of anilines is 1. The van der Waals surface area contributed by atoms with Crippen molar-refractivity contribution in [3.05, 3.63) is 24.3 Å². The molecule has 0 saturated carbocycles. The van der Waals surface area contributed by atoms with Crippen molar-refractivity contribution in [2.75, 3.05) is 31.3 Å². The average molecular weight is 314 g/mol. The fourth-order valence-electron chi connectivity index (χ4n) is 2.03. The number of carbonyl (C=O) groups is 1. The molecule has 118 valence electrons. The molecule has 0 spiro atoms. The standard InChI is InChI=1S/C14H22N2O4S/c1-6-20-13-9-7-12(8-10-13)16(21(5,18)19)11(2)14(17)15(3)4/h7-11H,6H2,1-5H3/t11-/m0/s1. The minimum Gasteiger partial charge on any atom is -0.494 e. The van der Waals surface area contributed by atoms with Gasteiger partial charge in [-0.05, 0) is 38.1 Å². The molecule has 21 heavy (non-hydrogen) atoms. The zero-order valence-corrected chi connectivity index (χ0v) is 13.8. The number of amides is 1. The van der Waals surface area contributed by atoms with Gasteiger partial charge in [0.05, 0.1) is 18.6 Å². The number of nitrogens with zero attached hydrogens (tertiary/aromatic N) is 2. The summed E-state index contributed by atoms with van der Waals surface area (Å²) in [5.74, 6) is 0.371. The molecular weight excluding hydrogens is 292 g/mol. The summed E-state index contributed by atoms with van der Waals surface area (Å²) >= 11 is 0. The molecular formula is C14H22N2O4S. The van der Waals surface area contributed by atoms with Crippen molar-refractivity contribution in [2.45, 2.75) is 19.9 Å². The van der Waals surface area contributed by atoms with Gasteiger partial charge in [0.2, 0.25) is 15.9 Å². The van der Waals surface area contributed by atoms with E-state index >= 15 is 0 Å². The third-order valence-electron chi connectivity index (χ3n) is 2.91. The van der Waals surface area contributed by atoms with Crippen LogP contribution in [0.2, 0.25) is 0 Å². The Morgan fingerprint density at radius 3 is 2.14 bits per heavy atom. The molecule has 6 nitrogen and oxygen atoms in total. The first kappa shape index (κ1) is 17.3. The first-order valence-corrected chi connectivity index (χ1v) is 8.46. The largest absolute Gasteiger partial charge is 0.494 e. The summed E-state index contributed by atoms with van der Waals surface area (Å²) in [5, 5.41) is 0. The van der Waals surface area contributed by atoms with E-state index in [1.54, 1.807) is 45.3 Å². The highest BCUT2D eigenvalue weighted by atomic mass is 32.2. The predicted octanol–water partition coefficient (Wildman–Crippen LogP) is 1.33. The molecule has 7 heteroatoms. The van der Waals surface area contributed by atoms with Crippen molar-refractivity contribution >= 4 is 21.6 Å².